The number of aliphatic hydroxyl groups is 1. The Morgan fingerprint density at radius 1 is 1.19 bits per heavy atom. The van der Waals surface area contributed by atoms with Gasteiger partial charge in [0.15, 0.2) is 0 Å². The summed E-state index contributed by atoms with van der Waals surface area (Å²) in [7, 11) is 0. The van der Waals surface area contributed by atoms with Gasteiger partial charge >= 0.3 is 0 Å². The van der Waals surface area contributed by atoms with Gasteiger partial charge in [0.1, 0.15) is 0 Å². The Labute approximate surface area is 98.8 Å². The molecule has 2 fully saturated rings. The van der Waals surface area contributed by atoms with Crippen LogP contribution in [-0.4, -0.2) is 48.0 Å². The summed E-state index contributed by atoms with van der Waals surface area (Å²) < 4.78 is 5.57. The van der Waals surface area contributed by atoms with Crippen molar-refractivity contribution in [2.24, 2.45) is 11.8 Å². The highest BCUT2D eigenvalue weighted by Gasteiger charge is 2.37. The van der Waals surface area contributed by atoms with E-state index in [2.05, 4.69) is 25.7 Å². The molecule has 0 radical (unpaired) electrons. The second-order valence-corrected chi connectivity index (χ2v) is 5.79. The standard InChI is InChI=1S/C13H25NO2/c1-9-6-10(2)13(12(15)7-9)14-4-5-16-11(3)8-14/h9-13,15H,4-8H2,1-3H3. The highest BCUT2D eigenvalue weighted by Crippen LogP contribution is 2.33. The van der Waals surface area contributed by atoms with Crippen molar-refractivity contribution in [2.45, 2.75) is 51.9 Å². The van der Waals surface area contributed by atoms with Crippen molar-refractivity contribution in [3.8, 4) is 0 Å². The number of hydrogen-bond donors (Lipinski definition) is 1. The minimum Gasteiger partial charge on any atom is -0.391 e. The van der Waals surface area contributed by atoms with E-state index in [1.807, 2.05) is 0 Å². The van der Waals surface area contributed by atoms with Crippen LogP contribution in [0.15, 0.2) is 0 Å². The molecule has 5 atom stereocenters. The lowest BCUT2D eigenvalue weighted by Crippen LogP contribution is -2.56. The molecule has 3 nitrogen and oxygen atoms in total. The third-order valence-corrected chi connectivity index (χ3v) is 4.09. The van der Waals surface area contributed by atoms with E-state index < -0.39 is 0 Å². The van der Waals surface area contributed by atoms with Crippen molar-refractivity contribution >= 4 is 0 Å². The minimum atomic E-state index is -0.149. The molecule has 94 valence electrons. The molecule has 5 unspecified atom stereocenters. The summed E-state index contributed by atoms with van der Waals surface area (Å²) in [5.74, 6) is 1.27. The molecule has 16 heavy (non-hydrogen) atoms. The first-order valence-corrected chi connectivity index (χ1v) is 6.61. The van der Waals surface area contributed by atoms with Gasteiger partial charge in [-0.1, -0.05) is 13.8 Å². The molecule has 1 aliphatic carbocycles. The van der Waals surface area contributed by atoms with E-state index >= 15 is 0 Å². The predicted octanol–water partition coefficient (Wildman–Crippen LogP) is 1.50. The molecule has 3 heteroatoms. The van der Waals surface area contributed by atoms with E-state index in [-0.39, 0.29) is 6.10 Å². The summed E-state index contributed by atoms with van der Waals surface area (Å²) in [5, 5.41) is 10.3. The minimum absolute atomic E-state index is 0.149. The second-order valence-electron chi connectivity index (χ2n) is 5.79. The number of morpholine rings is 1. The van der Waals surface area contributed by atoms with E-state index in [4.69, 9.17) is 4.74 Å². The fourth-order valence-corrected chi connectivity index (χ4v) is 3.52. The molecule has 0 aromatic rings. The molecule has 0 spiro atoms. The third kappa shape index (κ3) is 2.58. The van der Waals surface area contributed by atoms with Crippen LogP contribution >= 0.6 is 0 Å². The summed E-state index contributed by atoms with van der Waals surface area (Å²) in [6.07, 6.45) is 2.37. The van der Waals surface area contributed by atoms with Gasteiger partial charge in [-0.25, -0.2) is 0 Å². The van der Waals surface area contributed by atoms with E-state index in [0.29, 0.717) is 24.0 Å². The van der Waals surface area contributed by atoms with Gasteiger partial charge < -0.3 is 9.84 Å². The number of aliphatic hydroxyl groups excluding tert-OH is 1. The molecular weight excluding hydrogens is 202 g/mol. The van der Waals surface area contributed by atoms with Crippen LogP contribution < -0.4 is 0 Å². The fourth-order valence-electron chi connectivity index (χ4n) is 3.52. The van der Waals surface area contributed by atoms with Crippen molar-refractivity contribution in [1.82, 2.24) is 4.90 Å². The van der Waals surface area contributed by atoms with Crippen LogP contribution in [0.4, 0.5) is 0 Å². The normalized spacial score (nSPS) is 46.9. The van der Waals surface area contributed by atoms with Crippen molar-refractivity contribution in [1.29, 1.82) is 0 Å². The molecule has 1 saturated heterocycles. The van der Waals surface area contributed by atoms with Crippen LogP contribution in [0, 0.1) is 11.8 Å². The van der Waals surface area contributed by atoms with Gasteiger partial charge in [0.2, 0.25) is 0 Å². The van der Waals surface area contributed by atoms with Gasteiger partial charge in [-0.3, -0.25) is 4.90 Å². The van der Waals surface area contributed by atoms with E-state index in [0.717, 1.165) is 26.1 Å². The lowest BCUT2D eigenvalue weighted by atomic mass is 9.77. The summed E-state index contributed by atoms with van der Waals surface area (Å²) in [5.41, 5.74) is 0. The van der Waals surface area contributed by atoms with Crippen LogP contribution in [-0.2, 0) is 4.74 Å². The van der Waals surface area contributed by atoms with Crippen LogP contribution in [0.25, 0.3) is 0 Å². The zero-order valence-corrected chi connectivity index (χ0v) is 10.7. The van der Waals surface area contributed by atoms with Crippen LogP contribution in [0.2, 0.25) is 0 Å². The second kappa shape index (κ2) is 5.03. The molecule has 0 amide bonds. The Hall–Kier alpha value is -0.120. The maximum Gasteiger partial charge on any atom is 0.0700 e. The molecule has 2 aliphatic rings. The summed E-state index contributed by atoms with van der Waals surface area (Å²) in [4.78, 5) is 2.44. The van der Waals surface area contributed by atoms with Gasteiger partial charge in [0, 0.05) is 19.1 Å². The maximum absolute atomic E-state index is 10.3. The Balaban J connectivity index is 2.01. The summed E-state index contributed by atoms with van der Waals surface area (Å²) in [6.45, 7) is 9.41. The highest BCUT2D eigenvalue weighted by atomic mass is 16.5. The van der Waals surface area contributed by atoms with Crippen LogP contribution in [0.5, 0.6) is 0 Å². The molecule has 1 saturated carbocycles. The number of nitrogens with zero attached hydrogens (tertiary/aromatic N) is 1. The largest absolute Gasteiger partial charge is 0.391 e. The molecule has 1 N–H and O–H groups in total. The Morgan fingerprint density at radius 3 is 2.56 bits per heavy atom. The van der Waals surface area contributed by atoms with Gasteiger partial charge in [0.05, 0.1) is 18.8 Å². The van der Waals surface area contributed by atoms with E-state index in [1.165, 1.54) is 6.42 Å². The lowest BCUT2D eigenvalue weighted by molar-refractivity contribution is -0.0868. The average Bonchev–Trinajstić information content (AvgIpc) is 2.15. The van der Waals surface area contributed by atoms with Crippen molar-refractivity contribution < 1.29 is 9.84 Å². The van der Waals surface area contributed by atoms with Gasteiger partial charge in [-0.15, -0.1) is 0 Å². The fraction of sp³-hybridized carbons (Fsp3) is 1.00. The summed E-state index contributed by atoms with van der Waals surface area (Å²) in [6, 6.07) is 0.350. The molecule has 0 bridgehead atoms. The highest BCUT2D eigenvalue weighted by molar-refractivity contribution is 4.91. The van der Waals surface area contributed by atoms with Gasteiger partial charge in [0.25, 0.3) is 0 Å². The molecule has 0 aromatic heterocycles. The van der Waals surface area contributed by atoms with Crippen LogP contribution in [0.3, 0.4) is 0 Å². The molecule has 2 rings (SSSR count). The van der Waals surface area contributed by atoms with Crippen molar-refractivity contribution in [2.75, 3.05) is 19.7 Å². The smallest absolute Gasteiger partial charge is 0.0700 e. The van der Waals surface area contributed by atoms with Gasteiger partial charge in [-0.05, 0) is 31.6 Å². The average molecular weight is 227 g/mol. The molecule has 0 aromatic carbocycles. The first kappa shape index (κ1) is 12.3. The SMILES string of the molecule is CC1CC(C)C(N2CCOC(C)C2)C(O)C1. The lowest BCUT2D eigenvalue weighted by Gasteiger charge is -2.46. The van der Waals surface area contributed by atoms with Crippen LogP contribution in [0.1, 0.15) is 33.6 Å². The Kier molecular flexibility index (Phi) is 3.88. The molecule has 1 heterocycles. The maximum atomic E-state index is 10.3. The quantitative estimate of drug-likeness (QED) is 0.737. The predicted molar refractivity (Wildman–Crippen MR) is 64.3 cm³/mol. The first-order chi connectivity index (χ1) is 7.58. The zero-order valence-electron chi connectivity index (χ0n) is 10.7. The number of hydrogen-bond acceptors (Lipinski definition) is 3. The Bertz CT molecular complexity index is 222. The summed E-state index contributed by atoms with van der Waals surface area (Å²) >= 11 is 0. The van der Waals surface area contributed by atoms with Crippen molar-refractivity contribution in [3.63, 3.8) is 0 Å². The molecule has 1 aliphatic heterocycles. The van der Waals surface area contributed by atoms with Gasteiger partial charge in [-0.2, -0.15) is 0 Å². The monoisotopic (exact) mass is 227 g/mol. The topological polar surface area (TPSA) is 32.7 Å². The van der Waals surface area contributed by atoms with E-state index in [9.17, 15) is 5.11 Å². The van der Waals surface area contributed by atoms with Crippen molar-refractivity contribution in [3.05, 3.63) is 0 Å². The number of ether oxygens (including phenoxy) is 1. The third-order valence-electron chi connectivity index (χ3n) is 4.09. The zero-order chi connectivity index (χ0) is 11.7. The molecular formula is C13H25NO2. The van der Waals surface area contributed by atoms with E-state index in [1.54, 1.807) is 0 Å². The first-order valence-electron chi connectivity index (χ1n) is 6.61. The Morgan fingerprint density at radius 2 is 1.94 bits per heavy atom. The number of rotatable bonds is 1.